The summed E-state index contributed by atoms with van der Waals surface area (Å²) in [6, 6.07) is 3.65. The van der Waals surface area contributed by atoms with Crippen LogP contribution in [0, 0.1) is 22.7 Å². The van der Waals surface area contributed by atoms with Crippen molar-refractivity contribution < 1.29 is 0 Å². The van der Waals surface area contributed by atoms with Gasteiger partial charge in [0.25, 0.3) is 0 Å². The molecule has 0 spiro atoms. The van der Waals surface area contributed by atoms with Crippen LogP contribution in [0.15, 0.2) is 12.3 Å². The van der Waals surface area contributed by atoms with Crippen molar-refractivity contribution in [1.82, 2.24) is 9.97 Å². The molecule has 1 N–H and O–H groups in total. The number of hydrogen-bond acceptors (Lipinski definition) is 4. The van der Waals surface area contributed by atoms with E-state index in [1.54, 1.807) is 12.3 Å². The molecular formula is C12H14N4. The maximum Gasteiger partial charge on any atom is 0.223 e. The minimum atomic E-state index is 0.425. The number of aromatic nitrogens is 2. The van der Waals surface area contributed by atoms with Gasteiger partial charge in [-0.05, 0) is 43.1 Å². The Bertz CT molecular complexity index is 441. The molecule has 4 heteroatoms. The Morgan fingerprint density at radius 1 is 1.50 bits per heavy atom. The second kappa shape index (κ2) is 3.44. The first-order valence-electron chi connectivity index (χ1n) is 5.79. The zero-order chi connectivity index (χ0) is 11.0. The molecule has 82 valence electrons. The van der Waals surface area contributed by atoms with Crippen LogP contribution >= 0.6 is 0 Å². The van der Waals surface area contributed by atoms with Crippen molar-refractivity contribution in [3.63, 3.8) is 0 Å². The van der Waals surface area contributed by atoms with Crippen molar-refractivity contribution in [1.29, 1.82) is 5.26 Å². The SMILES string of the molecule is N#Cc1ccnc(NCC2(C3CC3)CC2)n1. The normalized spacial score (nSPS) is 21.2. The van der Waals surface area contributed by atoms with E-state index in [1.807, 2.05) is 6.07 Å². The van der Waals surface area contributed by atoms with Crippen LogP contribution in [0.4, 0.5) is 5.95 Å². The van der Waals surface area contributed by atoms with Gasteiger partial charge in [0, 0.05) is 12.7 Å². The molecule has 0 bridgehead atoms. The summed E-state index contributed by atoms with van der Waals surface area (Å²) in [4.78, 5) is 8.24. The van der Waals surface area contributed by atoms with Crippen LogP contribution in [0.3, 0.4) is 0 Å². The molecule has 0 saturated heterocycles. The quantitative estimate of drug-likeness (QED) is 0.832. The fourth-order valence-electron chi connectivity index (χ4n) is 2.35. The lowest BCUT2D eigenvalue weighted by atomic mass is 10.0. The predicted molar refractivity (Wildman–Crippen MR) is 59.6 cm³/mol. The van der Waals surface area contributed by atoms with E-state index in [2.05, 4.69) is 15.3 Å². The number of nitrogens with zero attached hydrogens (tertiary/aromatic N) is 3. The number of rotatable bonds is 4. The molecule has 0 radical (unpaired) electrons. The van der Waals surface area contributed by atoms with E-state index < -0.39 is 0 Å². The predicted octanol–water partition coefficient (Wildman–Crippen LogP) is 1.95. The van der Waals surface area contributed by atoms with Gasteiger partial charge in [-0.25, -0.2) is 9.97 Å². The molecule has 4 nitrogen and oxygen atoms in total. The van der Waals surface area contributed by atoms with Crippen molar-refractivity contribution in [2.24, 2.45) is 11.3 Å². The molecule has 3 rings (SSSR count). The molecule has 16 heavy (non-hydrogen) atoms. The minimum absolute atomic E-state index is 0.425. The molecule has 2 fully saturated rings. The average molecular weight is 214 g/mol. The van der Waals surface area contributed by atoms with Gasteiger partial charge in [-0.3, -0.25) is 0 Å². The van der Waals surface area contributed by atoms with Crippen molar-refractivity contribution in [3.8, 4) is 6.07 Å². The first kappa shape index (κ1) is 9.59. The first-order chi connectivity index (χ1) is 7.82. The highest BCUT2D eigenvalue weighted by atomic mass is 15.1. The van der Waals surface area contributed by atoms with Gasteiger partial charge in [-0.1, -0.05) is 0 Å². The summed E-state index contributed by atoms with van der Waals surface area (Å²) in [6.07, 6.45) is 7.08. The van der Waals surface area contributed by atoms with Crippen LogP contribution in [-0.2, 0) is 0 Å². The molecular weight excluding hydrogens is 200 g/mol. The second-order valence-corrected chi connectivity index (χ2v) is 4.87. The van der Waals surface area contributed by atoms with E-state index in [-0.39, 0.29) is 0 Å². The maximum absolute atomic E-state index is 8.73. The number of hydrogen-bond donors (Lipinski definition) is 1. The van der Waals surface area contributed by atoms with Gasteiger partial charge in [0.2, 0.25) is 5.95 Å². The van der Waals surface area contributed by atoms with Crippen LogP contribution in [0.25, 0.3) is 0 Å². The Balaban J connectivity index is 1.64. The van der Waals surface area contributed by atoms with E-state index in [1.165, 1.54) is 25.7 Å². The Morgan fingerprint density at radius 2 is 2.31 bits per heavy atom. The molecule has 2 aliphatic rings. The molecule has 0 aromatic carbocycles. The number of nitriles is 1. The molecule has 0 aliphatic heterocycles. The molecule has 2 saturated carbocycles. The van der Waals surface area contributed by atoms with E-state index in [4.69, 9.17) is 5.26 Å². The first-order valence-corrected chi connectivity index (χ1v) is 5.79. The van der Waals surface area contributed by atoms with E-state index in [0.29, 0.717) is 17.1 Å². The van der Waals surface area contributed by atoms with Gasteiger partial charge in [-0.2, -0.15) is 5.26 Å². The monoisotopic (exact) mass is 214 g/mol. The molecule has 1 aromatic heterocycles. The highest BCUT2D eigenvalue weighted by molar-refractivity contribution is 5.31. The second-order valence-electron chi connectivity index (χ2n) is 4.87. The highest BCUT2D eigenvalue weighted by Gasteiger charge is 2.53. The lowest BCUT2D eigenvalue weighted by Crippen LogP contribution is -2.18. The van der Waals surface area contributed by atoms with Crippen LogP contribution in [0.2, 0.25) is 0 Å². The third-order valence-corrected chi connectivity index (χ3v) is 3.70. The molecule has 0 amide bonds. The van der Waals surface area contributed by atoms with Crippen molar-refractivity contribution >= 4 is 5.95 Å². The number of nitrogens with one attached hydrogen (secondary N) is 1. The van der Waals surface area contributed by atoms with Gasteiger partial charge in [0.05, 0.1) is 0 Å². The van der Waals surface area contributed by atoms with Gasteiger partial charge in [0.1, 0.15) is 11.8 Å². The van der Waals surface area contributed by atoms with Gasteiger partial charge < -0.3 is 5.32 Å². The fourth-order valence-corrected chi connectivity index (χ4v) is 2.35. The largest absolute Gasteiger partial charge is 0.354 e. The number of anilines is 1. The Kier molecular flexibility index (Phi) is 2.06. The average Bonchev–Trinajstić information content (AvgIpc) is 3.17. The zero-order valence-electron chi connectivity index (χ0n) is 9.11. The van der Waals surface area contributed by atoms with E-state index >= 15 is 0 Å². The molecule has 1 aromatic rings. The van der Waals surface area contributed by atoms with E-state index in [9.17, 15) is 0 Å². The summed E-state index contributed by atoms with van der Waals surface area (Å²) < 4.78 is 0. The maximum atomic E-state index is 8.73. The standard InChI is InChI=1S/C12H14N4/c13-7-10-3-6-14-11(16-10)15-8-12(4-5-12)9-1-2-9/h3,6,9H,1-2,4-5,8H2,(H,14,15,16). The van der Waals surface area contributed by atoms with Gasteiger partial charge in [0.15, 0.2) is 0 Å². The summed E-state index contributed by atoms with van der Waals surface area (Å²) in [6.45, 7) is 0.965. The van der Waals surface area contributed by atoms with Crippen molar-refractivity contribution in [3.05, 3.63) is 18.0 Å². The third-order valence-electron chi connectivity index (χ3n) is 3.70. The van der Waals surface area contributed by atoms with Gasteiger partial charge in [-0.15, -0.1) is 0 Å². The molecule has 2 aliphatic carbocycles. The molecule has 0 atom stereocenters. The lowest BCUT2D eigenvalue weighted by molar-refractivity contribution is 0.465. The van der Waals surface area contributed by atoms with Crippen LogP contribution < -0.4 is 5.32 Å². The minimum Gasteiger partial charge on any atom is -0.354 e. The summed E-state index contributed by atoms with van der Waals surface area (Å²) in [5.74, 6) is 1.52. The molecule has 1 heterocycles. The summed E-state index contributed by atoms with van der Waals surface area (Å²) in [5, 5.41) is 12.0. The summed E-state index contributed by atoms with van der Waals surface area (Å²) >= 11 is 0. The topological polar surface area (TPSA) is 61.6 Å². The fraction of sp³-hybridized carbons (Fsp3) is 0.583. The van der Waals surface area contributed by atoms with E-state index in [0.717, 1.165) is 12.5 Å². The smallest absolute Gasteiger partial charge is 0.223 e. The zero-order valence-corrected chi connectivity index (χ0v) is 9.11. The van der Waals surface area contributed by atoms with Gasteiger partial charge >= 0.3 is 0 Å². The van der Waals surface area contributed by atoms with Crippen LogP contribution in [0.1, 0.15) is 31.4 Å². The Hall–Kier alpha value is -1.63. The summed E-state index contributed by atoms with van der Waals surface area (Å²) in [7, 11) is 0. The van der Waals surface area contributed by atoms with Crippen molar-refractivity contribution in [2.75, 3.05) is 11.9 Å². The lowest BCUT2D eigenvalue weighted by Gasteiger charge is -2.14. The van der Waals surface area contributed by atoms with Crippen LogP contribution in [-0.4, -0.2) is 16.5 Å². The molecule has 0 unspecified atom stereocenters. The van der Waals surface area contributed by atoms with Crippen LogP contribution in [0.5, 0.6) is 0 Å². The Labute approximate surface area is 94.7 Å². The van der Waals surface area contributed by atoms with Crippen molar-refractivity contribution in [2.45, 2.75) is 25.7 Å². The third kappa shape index (κ3) is 1.73. The highest BCUT2D eigenvalue weighted by Crippen LogP contribution is 2.61. The summed E-state index contributed by atoms with van der Waals surface area (Å²) in [5.41, 5.74) is 0.959. The Morgan fingerprint density at radius 3 is 2.94 bits per heavy atom.